The Morgan fingerprint density at radius 2 is 1.86 bits per heavy atom. The van der Waals surface area contributed by atoms with Crippen LogP contribution in [0, 0.1) is 5.82 Å². The van der Waals surface area contributed by atoms with Gasteiger partial charge in [0.1, 0.15) is 5.82 Å². The number of amides is 3. The van der Waals surface area contributed by atoms with Gasteiger partial charge in [-0.05, 0) is 24.3 Å². The first-order chi connectivity index (χ1) is 10.4. The molecule has 0 aliphatic heterocycles. The second kappa shape index (κ2) is 6.04. The van der Waals surface area contributed by atoms with Crippen LogP contribution in [-0.4, -0.2) is 33.5 Å². The van der Waals surface area contributed by atoms with E-state index in [1.165, 1.54) is 35.1 Å². The molecule has 1 aromatic heterocycles. The van der Waals surface area contributed by atoms with Gasteiger partial charge in [0.25, 0.3) is 5.91 Å². The number of benzene rings is 1. The van der Waals surface area contributed by atoms with Gasteiger partial charge in [-0.2, -0.15) is 5.10 Å². The van der Waals surface area contributed by atoms with Crippen molar-refractivity contribution >= 4 is 17.7 Å². The smallest absolute Gasteiger partial charge is 0.272 e. The minimum Gasteiger partial charge on any atom is -0.367 e. The van der Waals surface area contributed by atoms with Crippen LogP contribution >= 0.6 is 0 Å². The van der Waals surface area contributed by atoms with E-state index in [-0.39, 0.29) is 5.69 Å². The maximum Gasteiger partial charge on any atom is 0.272 e. The predicted molar refractivity (Wildman–Crippen MR) is 73.2 cm³/mol. The Hall–Kier alpha value is -3.23. The largest absolute Gasteiger partial charge is 0.367 e. The molecule has 114 valence electrons. The number of nitrogens with two attached hydrogens (primary N) is 2. The van der Waals surface area contributed by atoms with Gasteiger partial charge < -0.3 is 16.8 Å². The summed E-state index contributed by atoms with van der Waals surface area (Å²) in [5.41, 5.74) is 10.2. The Morgan fingerprint density at radius 1 is 1.18 bits per heavy atom. The third-order valence-electron chi connectivity index (χ3n) is 2.74. The van der Waals surface area contributed by atoms with Gasteiger partial charge in [-0.3, -0.25) is 14.4 Å². The van der Waals surface area contributed by atoms with Crippen molar-refractivity contribution < 1.29 is 18.8 Å². The van der Waals surface area contributed by atoms with Crippen LogP contribution in [0.2, 0.25) is 0 Å². The summed E-state index contributed by atoms with van der Waals surface area (Å²) in [5.74, 6) is -3.42. The molecule has 0 atom stereocenters. The second-order valence-electron chi connectivity index (χ2n) is 4.34. The highest BCUT2D eigenvalue weighted by molar-refractivity contribution is 6.07. The number of carbonyl (C=O) groups is 3. The Labute approximate surface area is 123 Å². The third-order valence-corrected chi connectivity index (χ3v) is 2.74. The van der Waals surface area contributed by atoms with Gasteiger partial charge in [-0.1, -0.05) is 6.07 Å². The number of hydrogen-bond donors (Lipinski definition) is 3. The zero-order valence-electron chi connectivity index (χ0n) is 11.2. The lowest BCUT2D eigenvalue weighted by Gasteiger charge is -2.10. The number of hydrogen-bond acceptors (Lipinski definition) is 4. The van der Waals surface area contributed by atoms with Crippen molar-refractivity contribution in [3.05, 3.63) is 48.0 Å². The van der Waals surface area contributed by atoms with E-state index in [1.807, 2.05) is 0 Å². The van der Waals surface area contributed by atoms with Crippen molar-refractivity contribution in [1.82, 2.24) is 15.1 Å². The van der Waals surface area contributed by atoms with Gasteiger partial charge in [0.05, 0.1) is 5.69 Å². The average Bonchev–Trinajstić information content (AvgIpc) is 2.93. The molecule has 5 N–H and O–H groups in total. The zero-order valence-corrected chi connectivity index (χ0v) is 11.2. The molecule has 1 heterocycles. The number of carbonyl (C=O) groups excluding carboxylic acids is 3. The van der Waals surface area contributed by atoms with E-state index in [2.05, 4.69) is 10.4 Å². The summed E-state index contributed by atoms with van der Waals surface area (Å²) >= 11 is 0. The van der Waals surface area contributed by atoms with Crippen molar-refractivity contribution in [2.24, 2.45) is 11.5 Å². The molecule has 2 rings (SSSR count). The molecule has 0 aliphatic rings. The van der Waals surface area contributed by atoms with Gasteiger partial charge >= 0.3 is 0 Å². The van der Waals surface area contributed by atoms with Crippen molar-refractivity contribution in [2.75, 3.05) is 0 Å². The van der Waals surface area contributed by atoms with Crippen LogP contribution in [-0.2, 0) is 9.59 Å². The molecular weight excluding hydrogens is 293 g/mol. The quantitative estimate of drug-likeness (QED) is 0.616. The van der Waals surface area contributed by atoms with Crippen molar-refractivity contribution in [2.45, 2.75) is 6.04 Å². The van der Waals surface area contributed by atoms with Crippen molar-refractivity contribution in [3.8, 4) is 5.69 Å². The molecule has 1 aromatic carbocycles. The summed E-state index contributed by atoms with van der Waals surface area (Å²) in [5, 5.41) is 6.00. The first kappa shape index (κ1) is 15.2. The molecule has 3 amide bonds. The van der Waals surface area contributed by atoms with Crippen molar-refractivity contribution in [1.29, 1.82) is 0 Å². The van der Waals surface area contributed by atoms with Crippen LogP contribution in [0.5, 0.6) is 0 Å². The molecule has 0 fully saturated rings. The fraction of sp³-hybridized carbons (Fsp3) is 0.0769. The predicted octanol–water partition coefficient (Wildman–Crippen LogP) is -0.920. The molecule has 0 saturated carbocycles. The van der Waals surface area contributed by atoms with Crippen LogP contribution in [0.15, 0.2) is 36.5 Å². The zero-order chi connectivity index (χ0) is 16.3. The number of nitrogens with one attached hydrogen (secondary N) is 1. The monoisotopic (exact) mass is 305 g/mol. The molecule has 0 saturated heterocycles. The molecular formula is C13H12FN5O3. The lowest BCUT2D eigenvalue weighted by Crippen LogP contribution is -2.52. The maximum absolute atomic E-state index is 13.1. The highest BCUT2D eigenvalue weighted by Gasteiger charge is 2.25. The molecule has 0 radical (unpaired) electrons. The molecule has 0 bridgehead atoms. The van der Waals surface area contributed by atoms with E-state index >= 15 is 0 Å². The summed E-state index contributed by atoms with van der Waals surface area (Å²) in [6.45, 7) is 0. The average molecular weight is 305 g/mol. The molecule has 0 aliphatic carbocycles. The van der Waals surface area contributed by atoms with Crippen LogP contribution < -0.4 is 16.8 Å². The Morgan fingerprint density at radius 3 is 2.45 bits per heavy atom. The Bertz CT molecular complexity index is 729. The van der Waals surface area contributed by atoms with E-state index in [0.717, 1.165) is 0 Å². The highest BCUT2D eigenvalue weighted by Crippen LogP contribution is 2.09. The molecule has 8 nitrogen and oxygen atoms in total. The second-order valence-corrected chi connectivity index (χ2v) is 4.34. The van der Waals surface area contributed by atoms with Gasteiger partial charge in [0.15, 0.2) is 11.7 Å². The van der Waals surface area contributed by atoms with Crippen molar-refractivity contribution in [3.63, 3.8) is 0 Å². The van der Waals surface area contributed by atoms with Crippen LogP contribution in [0.3, 0.4) is 0 Å². The molecule has 0 spiro atoms. The minimum atomic E-state index is -1.63. The topological polar surface area (TPSA) is 133 Å². The fourth-order valence-electron chi connectivity index (χ4n) is 1.69. The minimum absolute atomic E-state index is 0.0863. The number of halogens is 1. The molecule has 22 heavy (non-hydrogen) atoms. The van der Waals surface area contributed by atoms with E-state index in [1.54, 1.807) is 6.07 Å². The Balaban J connectivity index is 2.19. The van der Waals surface area contributed by atoms with E-state index < -0.39 is 29.6 Å². The van der Waals surface area contributed by atoms with E-state index in [9.17, 15) is 18.8 Å². The molecule has 9 heteroatoms. The van der Waals surface area contributed by atoms with E-state index in [0.29, 0.717) is 5.69 Å². The summed E-state index contributed by atoms with van der Waals surface area (Å²) in [4.78, 5) is 33.9. The summed E-state index contributed by atoms with van der Waals surface area (Å²) in [7, 11) is 0. The van der Waals surface area contributed by atoms with Crippen LogP contribution in [0.25, 0.3) is 5.69 Å². The summed E-state index contributed by atoms with van der Waals surface area (Å²) in [6.07, 6.45) is 1.42. The molecule has 2 aromatic rings. The number of aromatic nitrogens is 2. The SMILES string of the molecule is NC(=O)C(NC(=O)c1ccn(-c2cccc(F)c2)n1)C(N)=O. The van der Waals surface area contributed by atoms with Gasteiger partial charge in [0, 0.05) is 6.20 Å². The molecule has 0 unspecified atom stereocenters. The maximum atomic E-state index is 13.1. The lowest BCUT2D eigenvalue weighted by molar-refractivity contribution is -0.128. The normalized spacial score (nSPS) is 10.5. The van der Waals surface area contributed by atoms with E-state index in [4.69, 9.17) is 11.5 Å². The van der Waals surface area contributed by atoms with Gasteiger partial charge in [-0.25, -0.2) is 9.07 Å². The Kier molecular flexibility index (Phi) is 4.16. The first-order valence-corrected chi connectivity index (χ1v) is 6.09. The first-order valence-electron chi connectivity index (χ1n) is 6.09. The summed E-state index contributed by atoms with van der Waals surface area (Å²) < 4.78 is 14.4. The van der Waals surface area contributed by atoms with Crippen LogP contribution in [0.1, 0.15) is 10.5 Å². The third kappa shape index (κ3) is 3.26. The summed E-state index contributed by atoms with van der Waals surface area (Å²) in [6, 6.07) is 5.27. The number of nitrogens with zero attached hydrogens (tertiary/aromatic N) is 2. The van der Waals surface area contributed by atoms with Gasteiger partial charge in [-0.15, -0.1) is 0 Å². The lowest BCUT2D eigenvalue weighted by atomic mass is 10.2. The van der Waals surface area contributed by atoms with Crippen LogP contribution in [0.4, 0.5) is 4.39 Å². The fourth-order valence-corrected chi connectivity index (χ4v) is 1.69. The standard InChI is InChI=1S/C13H12FN5O3/c14-7-2-1-3-8(6-7)19-5-4-9(18-19)13(22)17-10(11(15)20)12(16)21/h1-6,10H,(H2,15,20)(H2,16,21)(H,17,22). The number of primary amides is 2. The van der Waals surface area contributed by atoms with Gasteiger partial charge in [0.2, 0.25) is 11.8 Å². The highest BCUT2D eigenvalue weighted by atomic mass is 19.1. The number of rotatable bonds is 5.